The van der Waals surface area contributed by atoms with E-state index in [1.54, 1.807) is 34.9 Å². The second kappa shape index (κ2) is 13.5. The van der Waals surface area contributed by atoms with Gasteiger partial charge < -0.3 is 10.1 Å². The van der Waals surface area contributed by atoms with Crippen molar-refractivity contribution >= 4 is 29.4 Å². The number of esters is 1. The van der Waals surface area contributed by atoms with Crippen molar-refractivity contribution in [3.63, 3.8) is 0 Å². The van der Waals surface area contributed by atoms with E-state index in [4.69, 9.17) is 4.74 Å². The molecule has 0 fully saturated rings. The van der Waals surface area contributed by atoms with Crippen LogP contribution in [0.2, 0.25) is 0 Å². The third-order valence-corrected chi connectivity index (χ3v) is 5.61. The average molecular weight is 441 g/mol. The predicted molar refractivity (Wildman–Crippen MR) is 128 cm³/mol. The van der Waals surface area contributed by atoms with Crippen molar-refractivity contribution in [3.05, 3.63) is 61.2 Å². The molecule has 2 aromatic rings. The Hall–Kier alpha value is -2.73. The van der Waals surface area contributed by atoms with Crippen molar-refractivity contribution in [2.45, 2.75) is 55.7 Å². The van der Waals surface area contributed by atoms with Gasteiger partial charge in [0.1, 0.15) is 5.75 Å². The Balaban J connectivity index is 2.02. The predicted octanol–water partition coefficient (Wildman–Crippen LogP) is 6.44. The standard InChI is InChI=1S/C25H32N2O3S/c1-4-6-7-8-9-19-27(25(29)26-18-5-2)21-10-14-23(15-11-21)31-24-16-12-22(13-17-24)30-20(3)28/h5,10-17H,2,4,6-9,18-19H2,1,3H3,(H,26,29). The van der Waals surface area contributed by atoms with E-state index < -0.39 is 0 Å². The Labute approximate surface area is 189 Å². The molecule has 0 saturated heterocycles. The summed E-state index contributed by atoms with van der Waals surface area (Å²) in [5.41, 5.74) is 0.881. The summed E-state index contributed by atoms with van der Waals surface area (Å²) in [6, 6.07) is 15.3. The maximum absolute atomic E-state index is 12.6. The molecule has 0 aliphatic rings. The van der Waals surface area contributed by atoms with Crippen LogP contribution >= 0.6 is 11.8 Å². The molecule has 0 aliphatic heterocycles. The van der Waals surface area contributed by atoms with Gasteiger partial charge in [-0.3, -0.25) is 9.69 Å². The van der Waals surface area contributed by atoms with E-state index in [9.17, 15) is 9.59 Å². The lowest BCUT2D eigenvalue weighted by Crippen LogP contribution is -2.40. The molecule has 0 spiro atoms. The third kappa shape index (κ3) is 8.89. The number of carbonyl (C=O) groups is 2. The van der Waals surface area contributed by atoms with Crippen LogP contribution in [0.15, 0.2) is 71.0 Å². The molecule has 0 aromatic heterocycles. The van der Waals surface area contributed by atoms with Crippen LogP contribution in [0.4, 0.5) is 10.5 Å². The van der Waals surface area contributed by atoms with Crippen molar-refractivity contribution in [3.8, 4) is 5.75 Å². The molecule has 2 rings (SSSR count). The number of urea groups is 1. The summed E-state index contributed by atoms with van der Waals surface area (Å²) in [7, 11) is 0. The van der Waals surface area contributed by atoms with E-state index in [1.807, 2.05) is 36.4 Å². The van der Waals surface area contributed by atoms with Crippen LogP contribution in [0.3, 0.4) is 0 Å². The van der Waals surface area contributed by atoms with E-state index in [0.29, 0.717) is 18.8 Å². The highest BCUT2D eigenvalue weighted by Crippen LogP contribution is 2.30. The number of hydrogen-bond acceptors (Lipinski definition) is 4. The first-order valence-electron chi connectivity index (χ1n) is 10.8. The maximum Gasteiger partial charge on any atom is 0.322 e. The van der Waals surface area contributed by atoms with Gasteiger partial charge in [0.2, 0.25) is 0 Å². The van der Waals surface area contributed by atoms with E-state index in [1.165, 1.54) is 26.2 Å². The molecule has 6 heteroatoms. The molecule has 5 nitrogen and oxygen atoms in total. The number of rotatable bonds is 12. The lowest BCUT2D eigenvalue weighted by Gasteiger charge is -2.23. The second-order valence-corrected chi connectivity index (χ2v) is 8.35. The zero-order valence-electron chi connectivity index (χ0n) is 18.4. The Morgan fingerprint density at radius 1 is 1.00 bits per heavy atom. The lowest BCUT2D eigenvalue weighted by atomic mass is 10.1. The van der Waals surface area contributed by atoms with Gasteiger partial charge in [-0.15, -0.1) is 6.58 Å². The Bertz CT molecular complexity index is 835. The number of anilines is 1. The Morgan fingerprint density at radius 3 is 2.19 bits per heavy atom. The minimum absolute atomic E-state index is 0.100. The van der Waals surface area contributed by atoms with Gasteiger partial charge in [-0.05, 0) is 55.0 Å². The fourth-order valence-electron chi connectivity index (χ4n) is 3.05. The van der Waals surface area contributed by atoms with Crippen LogP contribution in [0, 0.1) is 0 Å². The number of hydrogen-bond donors (Lipinski definition) is 1. The molecule has 0 saturated carbocycles. The molecule has 0 atom stereocenters. The van der Waals surface area contributed by atoms with E-state index in [0.717, 1.165) is 28.3 Å². The molecule has 0 aliphatic carbocycles. The number of ether oxygens (including phenoxy) is 1. The van der Waals surface area contributed by atoms with Crippen LogP contribution in [-0.4, -0.2) is 25.1 Å². The van der Waals surface area contributed by atoms with Crippen LogP contribution in [0.25, 0.3) is 0 Å². The van der Waals surface area contributed by atoms with Gasteiger partial charge >= 0.3 is 12.0 Å². The average Bonchev–Trinajstić information content (AvgIpc) is 2.76. The number of nitrogens with one attached hydrogen (secondary N) is 1. The minimum atomic E-state index is -0.331. The fourth-order valence-corrected chi connectivity index (χ4v) is 3.86. The second-order valence-electron chi connectivity index (χ2n) is 7.20. The highest BCUT2D eigenvalue weighted by atomic mass is 32.2. The number of unbranched alkanes of at least 4 members (excludes halogenated alkanes) is 4. The highest BCUT2D eigenvalue weighted by molar-refractivity contribution is 7.99. The molecular weight excluding hydrogens is 408 g/mol. The van der Waals surface area contributed by atoms with Crippen LogP contribution in [-0.2, 0) is 4.79 Å². The first-order chi connectivity index (χ1) is 15.0. The SMILES string of the molecule is C=CCNC(=O)N(CCCCCCC)c1ccc(Sc2ccc(OC(C)=O)cc2)cc1. The maximum atomic E-state index is 12.6. The zero-order valence-corrected chi connectivity index (χ0v) is 19.2. The summed E-state index contributed by atoms with van der Waals surface area (Å²) in [6.45, 7) is 8.39. The quantitative estimate of drug-likeness (QED) is 0.179. The van der Waals surface area contributed by atoms with Gasteiger partial charge in [0.15, 0.2) is 0 Å². The minimum Gasteiger partial charge on any atom is -0.427 e. The molecule has 0 radical (unpaired) electrons. The molecule has 31 heavy (non-hydrogen) atoms. The normalized spacial score (nSPS) is 10.4. The van der Waals surface area contributed by atoms with Crippen LogP contribution < -0.4 is 15.0 Å². The summed E-state index contributed by atoms with van der Waals surface area (Å²) < 4.78 is 5.07. The summed E-state index contributed by atoms with van der Waals surface area (Å²) in [6.07, 6.45) is 7.42. The van der Waals surface area contributed by atoms with Gasteiger partial charge in [-0.1, -0.05) is 50.4 Å². The number of amides is 2. The van der Waals surface area contributed by atoms with Crippen LogP contribution in [0.5, 0.6) is 5.75 Å². The molecule has 0 heterocycles. The Kier molecular flexibility index (Phi) is 10.7. The molecule has 0 bridgehead atoms. The van der Waals surface area contributed by atoms with Gasteiger partial charge in [-0.25, -0.2) is 4.79 Å². The summed E-state index contributed by atoms with van der Waals surface area (Å²) in [5, 5.41) is 2.88. The number of benzene rings is 2. The first kappa shape index (κ1) is 24.5. The zero-order chi connectivity index (χ0) is 22.5. The highest BCUT2D eigenvalue weighted by Gasteiger charge is 2.14. The van der Waals surface area contributed by atoms with E-state index in [2.05, 4.69) is 18.8 Å². The van der Waals surface area contributed by atoms with Gasteiger partial charge in [-0.2, -0.15) is 0 Å². The molecule has 166 valence electrons. The molecule has 2 amide bonds. The lowest BCUT2D eigenvalue weighted by molar-refractivity contribution is -0.131. The van der Waals surface area contributed by atoms with E-state index >= 15 is 0 Å². The topological polar surface area (TPSA) is 58.6 Å². The van der Waals surface area contributed by atoms with Crippen molar-refractivity contribution in [1.82, 2.24) is 5.32 Å². The van der Waals surface area contributed by atoms with Crippen LogP contribution in [0.1, 0.15) is 46.0 Å². The molecule has 1 N–H and O–H groups in total. The van der Waals surface area contributed by atoms with Gasteiger partial charge in [0.05, 0.1) is 0 Å². The summed E-state index contributed by atoms with van der Waals surface area (Å²) in [5.74, 6) is 0.204. The number of nitrogens with zero attached hydrogens (tertiary/aromatic N) is 1. The molecular formula is C25H32N2O3S. The van der Waals surface area contributed by atoms with Gasteiger partial charge in [0.25, 0.3) is 0 Å². The largest absolute Gasteiger partial charge is 0.427 e. The summed E-state index contributed by atoms with van der Waals surface area (Å²) >= 11 is 1.61. The van der Waals surface area contributed by atoms with E-state index in [-0.39, 0.29) is 12.0 Å². The fraction of sp³-hybridized carbons (Fsp3) is 0.360. The van der Waals surface area contributed by atoms with Crippen molar-refractivity contribution in [2.75, 3.05) is 18.0 Å². The molecule has 0 unspecified atom stereocenters. The first-order valence-corrected chi connectivity index (χ1v) is 11.6. The molecule has 2 aromatic carbocycles. The smallest absolute Gasteiger partial charge is 0.322 e. The monoisotopic (exact) mass is 440 g/mol. The Morgan fingerprint density at radius 2 is 1.61 bits per heavy atom. The summed E-state index contributed by atoms with van der Waals surface area (Å²) in [4.78, 5) is 27.6. The number of carbonyl (C=O) groups excluding carboxylic acids is 2. The van der Waals surface area contributed by atoms with Crippen molar-refractivity contribution in [1.29, 1.82) is 0 Å². The van der Waals surface area contributed by atoms with Gasteiger partial charge in [0, 0.05) is 35.5 Å². The third-order valence-electron chi connectivity index (χ3n) is 4.60. The van der Waals surface area contributed by atoms with Crippen molar-refractivity contribution < 1.29 is 14.3 Å². The van der Waals surface area contributed by atoms with Crippen molar-refractivity contribution in [2.24, 2.45) is 0 Å².